The van der Waals surface area contributed by atoms with E-state index in [9.17, 15) is 5.11 Å². The Morgan fingerprint density at radius 1 is 1.13 bits per heavy atom. The van der Waals surface area contributed by atoms with Crippen LogP contribution >= 0.6 is 0 Å². The Labute approximate surface area is 97.8 Å². The maximum absolute atomic E-state index is 9.28. The van der Waals surface area contributed by atoms with Crippen LogP contribution in [0.3, 0.4) is 0 Å². The van der Waals surface area contributed by atoms with Gasteiger partial charge < -0.3 is 5.11 Å². The van der Waals surface area contributed by atoms with Gasteiger partial charge in [0.25, 0.3) is 0 Å². The van der Waals surface area contributed by atoms with Crippen molar-refractivity contribution < 1.29 is 5.11 Å². The Morgan fingerprint density at radius 3 is 2.53 bits per heavy atom. The number of hydrogen-bond acceptors (Lipinski definition) is 1. The average Bonchev–Trinajstić information content (AvgIpc) is 2.26. The molecule has 0 rings (SSSR count). The lowest BCUT2D eigenvalue weighted by molar-refractivity contribution is 0.219. The second kappa shape index (κ2) is 12.0. The van der Waals surface area contributed by atoms with E-state index < -0.39 is 0 Å². The van der Waals surface area contributed by atoms with E-state index in [1.807, 2.05) is 13.0 Å². The molecule has 1 nitrogen and oxygen atoms in total. The molecule has 15 heavy (non-hydrogen) atoms. The standard InChI is InChI=1S/C13H28OSi/c1-3-13(14)11-9-7-5-6-8-10-12-15-4-2/h9,11,13-14H,3-8,10,12,15H2,1-2H3. The Hall–Kier alpha value is -0.0831. The van der Waals surface area contributed by atoms with Crippen LogP contribution in [-0.4, -0.2) is 20.7 Å². The minimum absolute atomic E-state index is 0.222. The van der Waals surface area contributed by atoms with Gasteiger partial charge in [0.05, 0.1) is 6.10 Å². The van der Waals surface area contributed by atoms with Crippen LogP contribution in [0.2, 0.25) is 12.1 Å². The van der Waals surface area contributed by atoms with E-state index in [4.69, 9.17) is 0 Å². The predicted octanol–water partition coefficient (Wildman–Crippen LogP) is 3.29. The normalized spacial score (nSPS) is 14.3. The highest BCUT2D eigenvalue weighted by Crippen LogP contribution is 2.07. The molecule has 2 heteroatoms. The van der Waals surface area contributed by atoms with Crippen molar-refractivity contribution in [3.63, 3.8) is 0 Å². The summed E-state index contributed by atoms with van der Waals surface area (Å²) in [5.74, 6) is 0. The molecule has 90 valence electrons. The fraction of sp³-hybridized carbons (Fsp3) is 0.846. The summed E-state index contributed by atoms with van der Waals surface area (Å²) in [6.45, 7) is 4.32. The summed E-state index contributed by atoms with van der Waals surface area (Å²) in [5.41, 5.74) is 0. The zero-order chi connectivity index (χ0) is 11.4. The lowest BCUT2D eigenvalue weighted by atomic mass is 10.1. The highest BCUT2D eigenvalue weighted by atomic mass is 28.2. The van der Waals surface area contributed by atoms with Gasteiger partial charge in [0.2, 0.25) is 0 Å². The molecular formula is C13H28OSi. The SMILES string of the molecule is CC[SiH2]CCCCCCC=CC(O)CC. The molecule has 0 aliphatic heterocycles. The van der Waals surface area contributed by atoms with Crippen LogP contribution in [0.4, 0.5) is 0 Å². The highest BCUT2D eigenvalue weighted by Gasteiger charge is 1.92. The zero-order valence-electron chi connectivity index (χ0n) is 10.5. The zero-order valence-corrected chi connectivity index (χ0v) is 12.0. The smallest absolute Gasteiger partial charge is 0.0718 e. The second-order valence-electron chi connectivity index (χ2n) is 4.31. The minimum atomic E-state index is -0.222. The molecule has 0 saturated carbocycles. The minimum Gasteiger partial charge on any atom is -0.389 e. The van der Waals surface area contributed by atoms with Crippen LogP contribution < -0.4 is 0 Å². The monoisotopic (exact) mass is 228 g/mol. The molecule has 0 radical (unpaired) electrons. The summed E-state index contributed by atoms with van der Waals surface area (Å²) in [6.07, 6.45) is 11.4. The van der Waals surface area contributed by atoms with Crippen LogP contribution in [0.15, 0.2) is 12.2 Å². The van der Waals surface area contributed by atoms with E-state index in [-0.39, 0.29) is 6.10 Å². The van der Waals surface area contributed by atoms with Gasteiger partial charge in [-0.3, -0.25) is 0 Å². The predicted molar refractivity (Wildman–Crippen MR) is 72.4 cm³/mol. The maximum Gasteiger partial charge on any atom is 0.0718 e. The topological polar surface area (TPSA) is 20.2 Å². The fourth-order valence-electron chi connectivity index (χ4n) is 1.61. The van der Waals surface area contributed by atoms with Crippen LogP contribution in [0, 0.1) is 0 Å². The number of aliphatic hydroxyl groups is 1. The van der Waals surface area contributed by atoms with Gasteiger partial charge in [-0.2, -0.15) is 0 Å². The molecule has 0 aromatic carbocycles. The summed E-state index contributed by atoms with van der Waals surface area (Å²) in [5, 5.41) is 9.28. The van der Waals surface area contributed by atoms with E-state index in [2.05, 4.69) is 13.0 Å². The van der Waals surface area contributed by atoms with E-state index in [1.54, 1.807) is 6.04 Å². The average molecular weight is 228 g/mol. The van der Waals surface area contributed by atoms with Gasteiger partial charge >= 0.3 is 0 Å². The van der Waals surface area contributed by atoms with E-state index >= 15 is 0 Å². The lowest BCUT2D eigenvalue weighted by Gasteiger charge is -2.00. The first-order valence-corrected chi connectivity index (χ1v) is 8.66. The molecule has 0 spiro atoms. The molecular weight excluding hydrogens is 200 g/mol. The van der Waals surface area contributed by atoms with Crippen molar-refractivity contribution in [3.8, 4) is 0 Å². The molecule has 0 aliphatic carbocycles. The van der Waals surface area contributed by atoms with E-state index in [0.29, 0.717) is 9.52 Å². The quantitative estimate of drug-likeness (QED) is 0.346. The fourth-order valence-corrected chi connectivity index (χ4v) is 2.82. The van der Waals surface area contributed by atoms with Crippen molar-refractivity contribution in [1.29, 1.82) is 0 Å². The van der Waals surface area contributed by atoms with E-state index in [0.717, 1.165) is 12.8 Å². The van der Waals surface area contributed by atoms with Crippen LogP contribution in [0.5, 0.6) is 0 Å². The van der Waals surface area contributed by atoms with Crippen molar-refractivity contribution in [2.24, 2.45) is 0 Å². The van der Waals surface area contributed by atoms with Gasteiger partial charge in [-0.15, -0.1) is 0 Å². The Kier molecular flexibility index (Phi) is 11.9. The van der Waals surface area contributed by atoms with Crippen molar-refractivity contribution >= 4 is 9.52 Å². The Morgan fingerprint density at radius 2 is 1.87 bits per heavy atom. The van der Waals surface area contributed by atoms with Crippen molar-refractivity contribution in [3.05, 3.63) is 12.2 Å². The largest absolute Gasteiger partial charge is 0.389 e. The van der Waals surface area contributed by atoms with Gasteiger partial charge in [-0.25, -0.2) is 0 Å². The molecule has 0 aromatic rings. The Balaban J connectivity index is 3.07. The highest BCUT2D eigenvalue weighted by molar-refractivity contribution is 6.35. The summed E-state index contributed by atoms with van der Waals surface area (Å²) in [4.78, 5) is 0. The number of hydrogen-bond donors (Lipinski definition) is 1. The first kappa shape index (κ1) is 14.9. The number of unbranched alkanes of at least 4 members (excludes halogenated alkanes) is 4. The third-order valence-corrected chi connectivity index (χ3v) is 4.46. The van der Waals surface area contributed by atoms with Crippen LogP contribution in [0.1, 0.15) is 52.4 Å². The summed E-state index contributed by atoms with van der Waals surface area (Å²) < 4.78 is 0. The summed E-state index contributed by atoms with van der Waals surface area (Å²) in [6, 6.07) is 3.01. The van der Waals surface area contributed by atoms with Gasteiger partial charge in [0.1, 0.15) is 0 Å². The number of aliphatic hydroxyl groups excluding tert-OH is 1. The lowest BCUT2D eigenvalue weighted by Crippen LogP contribution is -1.97. The number of allylic oxidation sites excluding steroid dienone is 1. The van der Waals surface area contributed by atoms with Gasteiger partial charge in [0, 0.05) is 9.52 Å². The molecule has 1 unspecified atom stereocenters. The van der Waals surface area contributed by atoms with Crippen molar-refractivity contribution in [2.75, 3.05) is 0 Å². The Bertz CT molecular complexity index is 145. The van der Waals surface area contributed by atoms with Crippen molar-refractivity contribution in [2.45, 2.75) is 70.6 Å². The first-order chi connectivity index (χ1) is 7.31. The molecule has 0 aromatic heterocycles. The third kappa shape index (κ3) is 11.8. The second-order valence-corrected chi connectivity index (χ2v) is 6.73. The third-order valence-electron chi connectivity index (χ3n) is 2.75. The molecule has 0 amide bonds. The summed E-state index contributed by atoms with van der Waals surface area (Å²) in [7, 11) is 0.317. The first-order valence-electron chi connectivity index (χ1n) is 6.66. The van der Waals surface area contributed by atoms with Crippen molar-refractivity contribution in [1.82, 2.24) is 0 Å². The molecule has 0 fully saturated rings. The number of rotatable bonds is 10. The molecule has 0 saturated heterocycles. The molecule has 0 heterocycles. The van der Waals surface area contributed by atoms with Gasteiger partial charge in [-0.05, 0) is 19.3 Å². The summed E-state index contributed by atoms with van der Waals surface area (Å²) >= 11 is 0. The molecule has 1 atom stereocenters. The molecule has 1 N–H and O–H groups in total. The molecule has 0 bridgehead atoms. The maximum atomic E-state index is 9.28. The van der Waals surface area contributed by atoms with E-state index in [1.165, 1.54) is 31.7 Å². The van der Waals surface area contributed by atoms with Crippen LogP contribution in [-0.2, 0) is 0 Å². The molecule has 0 aliphatic rings. The van der Waals surface area contributed by atoms with Crippen LogP contribution in [0.25, 0.3) is 0 Å². The van der Waals surface area contributed by atoms with Gasteiger partial charge in [-0.1, -0.05) is 57.4 Å². The van der Waals surface area contributed by atoms with Gasteiger partial charge in [0.15, 0.2) is 0 Å².